The van der Waals surface area contributed by atoms with Crippen molar-refractivity contribution in [2.24, 2.45) is 0 Å². The van der Waals surface area contributed by atoms with Crippen LogP contribution in [0.5, 0.6) is 0 Å². The molecule has 152 valence electrons. The van der Waals surface area contributed by atoms with Crippen molar-refractivity contribution in [3.63, 3.8) is 0 Å². The monoisotopic (exact) mass is 391 g/mol. The van der Waals surface area contributed by atoms with Crippen LogP contribution in [0.25, 0.3) is 0 Å². The Morgan fingerprint density at radius 1 is 0.931 bits per heavy atom. The zero-order valence-corrected chi connectivity index (χ0v) is 16.8. The fourth-order valence-corrected chi connectivity index (χ4v) is 4.47. The number of carbonyl (C=O) groups is 2. The number of nitrogens with one attached hydrogen (secondary N) is 1. The molecule has 2 aromatic rings. The van der Waals surface area contributed by atoms with Gasteiger partial charge in [-0.15, -0.1) is 0 Å². The molecular weight excluding hydrogens is 362 g/mol. The molecule has 0 saturated carbocycles. The van der Waals surface area contributed by atoms with E-state index < -0.39 is 6.04 Å². The van der Waals surface area contributed by atoms with Gasteiger partial charge < -0.3 is 10.2 Å². The third-order valence-electron chi connectivity index (χ3n) is 6.09. The van der Waals surface area contributed by atoms with Crippen LogP contribution in [0.15, 0.2) is 60.7 Å². The summed E-state index contributed by atoms with van der Waals surface area (Å²) in [7, 11) is 0. The van der Waals surface area contributed by atoms with Crippen molar-refractivity contribution < 1.29 is 9.59 Å². The molecule has 5 heteroatoms. The summed E-state index contributed by atoms with van der Waals surface area (Å²) in [5.41, 5.74) is 2.46. The lowest BCUT2D eigenvalue weighted by atomic mass is 9.90. The number of hydrogen-bond donors (Lipinski definition) is 1. The van der Waals surface area contributed by atoms with Gasteiger partial charge in [-0.1, -0.05) is 60.7 Å². The molecule has 4 rings (SSSR count). The second kappa shape index (κ2) is 9.23. The number of carbonyl (C=O) groups excluding carboxylic acids is 2. The first-order valence-electron chi connectivity index (χ1n) is 10.6. The van der Waals surface area contributed by atoms with Crippen molar-refractivity contribution in [1.29, 1.82) is 0 Å². The van der Waals surface area contributed by atoms with Crippen LogP contribution in [0.3, 0.4) is 0 Å². The van der Waals surface area contributed by atoms with Crippen molar-refractivity contribution in [1.82, 2.24) is 15.1 Å². The molecule has 0 bridgehead atoms. The van der Waals surface area contributed by atoms with E-state index in [-0.39, 0.29) is 24.2 Å². The number of hydrogen-bond acceptors (Lipinski definition) is 3. The Morgan fingerprint density at radius 2 is 1.52 bits per heavy atom. The summed E-state index contributed by atoms with van der Waals surface area (Å²) in [4.78, 5) is 29.6. The standard InChI is InChI=1S/C24H29N3O2/c28-23(26-14-7-8-15-26)17-22-24(29)25-13-16-27(22)18-21(19-9-3-1-4-10-19)20-11-5-2-6-12-20/h1-6,9-12,21-22H,7-8,13-18H2,(H,25,29). The lowest BCUT2D eigenvalue weighted by Gasteiger charge is -2.37. The third-order valence-corrected chi connectivity index (χ3v) is 6.09. The first-order chi connectivity index (χ1) is 14.2. The SMILES string of the molecule is O=C1NCCN(CC(c2ccccc2)c2ccccc2)C1CC(=O)N1CCCC1. The zero-order chi connectivity index (χ0) is 20.1. The second-order valence-electron chi connectivity index (χ2n) is 7.97. The van der Waals surface area contributed by atoms with Crippen LogP contribution in [0.1, 0.15) is 36.3 Å². The molecule has 1 unspecified atom stereocenters. The lowest BCUT2D eigenvalue weighted by Crippen LogP contribution is -2.57. The molecule has 1 atom stereocenters. The lowest BCUT2D eigenvalue weighted by molar-refractivity contribution is -0.138. The minimum absolute atomic E-state index is 0.0244. The number of likely N-dealkylation sites (tertiary alicyclic amines) is 1. The Morgan fingerprint density at radius 3 is 2.10 bits per heavy atom. The molecule has 2 aromatic carbocycles. The maximum Gasteiger partial charge on any atom is 0.237 e. The molecule has 29 heavy (non-hydrogen) atoms. The quantitative estimate of drug-likeness (QED) is 0.824. The van der Waals surface area contributed by atoms with Gasteiger partial charge in [-0.05, 0) is 24.0 Å². The summed E-state index contributed by atoms with van der Waals surface area (Å²) in [5.74, 6) is 0.238. The normalized spacial score (nSPS) is 20.1. The van der Waals surface area contributed by atoms with Gasteiger partial charge in [0.2, 0.25) is 11.8 Å². The molecule has 0 aliphatic carbocycles. The highest BCUT2D eigenvalue weighted by atomic mass is 16.2. The largest absolute Gasteiger partial charge is 0.353 e. The van der Waals surface area contributed by atoms with Gasteiger partial charge in [0, 0.05) is 38.6 Å². The first kappa shape index (κ1) is 19.6. The van der Waals surface area contributed by atoms with Crippen molar-refractivity contribution in [3.05, 3.63) is 71.8 Å². The Balaban J connectivity index is 1.55. The van der Waals surface area contributed by atoms with Gasteiger partial charge in [0.15, 0.2) is 0 Å². The van der Waals surface area contributed by atoms with E-state index in [1.165, 1.54) is 11.1 Å². The summed E-state index contributed by atoms with van der Waals surface area (Å²) in [6.45, 7) is 3.76. The van der Waals surface area contributed by atoms with E-state index >= 15 is 0 Å². The second-order valence-corrected chi connectivity index (χ2v) is 7.97. The van der Waals surface area contributed by atoms with Crippen molar-refractivity contribution >= 4 is 11.8 Å². The van der Waals surface area contributed by atoms with E-state index in [0.29, 0.717) is 6.54 Å². The van der Waals surface area contributed by atoms with E-state index in [1.807, 2.05) is 17.0 Å². The van der Waals surface area contributed by atoms with Gasteiger partial charge in [0.1, 0.15) is 0 Å². The van der Waals surface area contributed by atoms with Gasteiger partial charge in [-0.25, -0.2) is 0 Å². The van der Waals surface area contributed by atoms with Crippen LogP contribution in [0, 0.1) is 0 Å². The van der Waals surface area contributed by atoms with Crippen LogP contribution in [0.2, 0.25) is 0 Å². The van der Waals surface area contributed by atoms with Gasteiger partial charge in [-0.2, -0.15) is 0 Å². The fourth-order valence-electron chi connectivity index (χ4n) is 4.47. The molecule has 1 N–H and O–H groups in total. The van der Waals surface area contributed by atoms with E-state index in [4.69, 9.17) is 0 Å². The third kappa shape index (κ3) is 4.67. The van der Waals surface area contributed by atoms with E-state index in [1.54, 1.807) is 0 Å². The van der Waals surface area contributed by atoms with Crippen LogP contribution in [-0.4, -0.2) is 60.4 Å². The fraction of sp³-hybridized carbons (Fsp3) is 0.417. The molecule has 0 aromatic heterocycles. The van der Waals surface area contributed by atoms with Crippen LogP contribution < -0.4 is 5.32 Å². The smallest absolute Gasteiger partial charge is 0.237 e. The predicted molar refractivity (Wildman–Crippen MR) is 114 cm³/mol. The van der Waals surface area contributed by atoms with Gasteiger partial charge in [0.25, 0.3) is 0 Å². The molecule has 2 heterocycles. The predicted octanol–water partition coefficient (Wildman–Crippen LogP) is 2.63. The van der Waals surface area contributed by atoms with Crippen molar-refractivity contribution in [2.75, 3.05) is 32.7 Å². The summed E-state index contributed by atoms with van der Waals surface area (Å²) in [6, 6.07) is 20.5. The maximum absolute atomic E-state index is 12.7. The van der Waals surface area contributed by atoms with Gasteiger partial charge in [0.05, 0.1) is 12.5 Å². The summed E-state index contributed by atoms with van der Waals surface area (Å²) in [5, 5.41) is 2.96. The highest BCUT2D eigenvalue weighted by Gasteiger charge is 2.35. The van der Waals surface area contributed by atoms with Crippen LogP contribution in [-0.2, 0) is 9.59 Å². The minimum atomic E-state index is -0.397. The topological polar surface area (TPSA) is 52.7 Å². The van der Waals surface area contributed by atoms with Crippen LogP contribution in [0.4, 0.5) is 0 Å². The molecule has 2 aliphatic rings. The summed E-state index contributed by atoms with van der Waals surface area (Å²) >= 11 is 0. The maximum atomic E-state index is 12.7. The molecule has 2 aliphatic heterocycles. The summed E-state index contributed by atoms with van der Waals surface area (Å²) < 4.78 is 0. The number of rotatable bonds is 6. The molecule has 0 radical (unpaired) electrons. The van der Waals surface area contributed by atoms with E-state index in [9.17, 15) is 9.59 Å². The molecule has 0 spiro atoms. The highest BCUT2D eigenvalue weighted by Crippen LogP contribution is 2.27. The van der Waals surface area contributed by atoms with Crippen LogP contribution >= 0.6 is 0 Å². The number of nitrogens with zero attached hydrogens (tertiary/aromatic N) is 2. The number of piperazine rings is 1. The van der Waals surface area contributed by atoms with Gasteiger partial charge >= 0.3 is 0 Å². The van der Waals surface area contributed by atoms with Crippen molar-refractivity contribution in [2.45, 2.75) is 31.2 Å². The average molecular weight is 392 g/mol. The zero-order valence-electron chi connectivity index (χ0n) is 16.8. The molecule has 2 saturated heterocycles. The highest BCUT2D eigenvalue weighted by molar-refractivity contribution is 5.89. The molecule has 2 fully saturated rings. The van der Waals surface area contributed by atoms with E-state index in [2.05, 4.69) is 58.7 Å². The minimum Gasteiger partial charge on any atom is -0.353 e. The first-order valence-corrected chi connectivity index (χ1v) is 10.6. The summed E-state index contributed by atoms with van der Waals surface area (Å²) in [6.07, 6.45) is 2.40. The Labute approximate surface area is 172 Å². The molecule has 5 nitrogen and oxygen atoms in total. The Kier molecular flexibility index (Phi) is 6.25. The number of benzene rings is 2. The Hall–Kier alpha value is -2.66. The van der Waals surface area contributed by atoms with Gasteiger partial charge in [-0.3, -0.25) is 14.5 Å². The number of amides is 2. The molecule has 2 amide bonds. The average Bonchev–Trinajstić information content (AvgIpc) is 3.30. The molecular formula is C24H29N3O2. The Bertz CT molecular complexity index is 779. The van der Waals surface area contributed by atoms with Crippen molar-refractivity contribution in [3.8, 4) is 0 Å². The van der Waals surface area contributed by atoms with E-state index in [0.717, 1.165) is 39.0 Å².